The van der Waals surface area contributed by atoms with E-state index in [0.29, 0.717) is 5.02 Å². The Morgan fingerprint density at radius 3 is 3.00 bits per heavy atom. The second-order valence-electron chi connectivity index (χ2n) is 3.18. The lowest BCUT2D eigenvalue weighted by molar-refractivity contribution is -0.133. The summed E-state index contributed by atoms with van der Waals surface area (Å²) < 4.78 is 18.6. The van der Waals surface area contributed by atoms with Gasteiger partial charge in [0.1, 0.15) is 11.6 Å². The van der Waals surface area contributed by atoms with E-state index >= 15 is 0 Å². The summed E-state index contributed by atoms with van der Waals surface area (Å²) >= 11 is 6.60. The Hall–Kier alpha value is -1.60. The zero-order valence-electron chi connectivity index (χ0n) is 8.76. The highest BCUT2D eigenvalue weighted by atomic mass is 35.5. The van der Waals surface area contributed by atoms with Crippen molar-refractivity contribution in [3.63, 3.8) is 0 Å². The number of carboxylic acids is 1. The molecule has 0 aliphatic heterocycles. The fourth-order valence-electron chi connectivity index (χ4n) is 1.16. The molecule has 1 N–H and O–H groups in total. The molecule has 0 saturated heterocycles. The Bertz CT molecular complexity index is 590. The summed E-state index contributed by atoms with van der Waals surface area (Å²) in [5, 5.41) is 16.1. The van der Waals surface area contributed by atoms with Crippen molar-refractivity contribution in [2.75, 3.05) is 5.75 Å². The van der Waals surface area contributed by atoms with Gasteiger partial charge in [-0.25, -0.2) is 4.39 Å². The SMILES string of the molecule is O=C(O)CSc1nnc(-c2cc(Cl)ccc2F)o1. The van der Waals surface area contributed by atoms with Gasteiger partial charge in [0.2, 0.25) is 0 Å². The number of benzene rings is 1. The first-order chi connectivity index (χ1) is 8.56. The van der Waals surface area contributed by atoms with E-state index < -0.39 is 11.8 Å². The molecule has 1 heterocycles. The van der Waals surface area contributed by atoms with Crippen molar-refractivity contribution in [2.45, 2.75) is 5.22 Å². The van der Waals surface area contributed by atoms with Crippen LogP contribution in [0.15, 0.2) is 27.8 Å². The van der Waals surface area contributed by atoms with E-state index in [0.717, 1.165) is 11.8 Å². The average Bonchev–Trinajstić information content (AvgIpc) is 2.78. The van der Waals surface area contributed by atoms with Gasteiger partial charge in [0.25, 0.3) is 11.1 Å². The second-order valence-corrected chi connectivity index (χ2v) is 4.54. The van der Waals surface area contributed by atoms with Gasteiger partial charge >= 0.3 is 5.97 Å². The molecule has 1 aromatic heterocycles. The van der Waals surface area contributed by atoms with Crippen molar-refractivity contribution in [3.05, 3.63) is 29.0 Å². The molecule has 8 heteroatoms. The van der Waals surface area contributed by atoms with Gasteiger partial charge in [0.15, 0.2) is 0 Å². The van der Waals surface area contributed by atoms with Gasteiger partial charge in [-0.3, -0.25) is 4.79 Å². The number of carbonyl (C=O) groups is 1. The molecule has 1 aromatic carbocycles. The standard InChI is InChI=1S/C10H6ClFN2O3S/c11-5-1-2-7(12)6(3-5)9-13-14-10(17-9)18-4-8(15)16/h1-3H,4H2,(H,15,16). The minimum absolute atomic E-state index is 0.0390. The summed E-state index contributed by atoms with van der Waals surface area (Å²) in [6, 6.07) is 3.94. The normalized spacial score (nSPS) is 10.6. The largest absolute Gasteiger partial charge is 0.481 e. The highest BCUT2D eigenvalue weighted by molar-refractivity contribution is 7.99. The summed E-state index contributed by atoms with van der Waals surface area (Å²) in [5.41, 5.74) is 0.0807. The van der Waals surface area contributed by atoms with Gasteiger partial charge in [0.05, 0.1) is 5.56 Å². The number of aromatic nitrogens is 2. The van der Waals surface area contributed by atoms with Gasteiger partial charge in [-0.1, -0.05) is 23.4 Å². The first-order valence-electron chi connectivity index (χ1n) is 4.70. The molecule has 18 heavy (non-hydrogen) atoms. The smallest absolute Gasteiger partial charge is 0.314 e. The number of rotatable bonds is 4. The maximum Gasteiger partial charge on any atom is 0.314 e. The predicted molar refractivity (Wildman–Crippen MR) is 63.1 cm³/mol. The van der Waals surface area contributed by atoms with E-state index in [4.69, 9.17) is 21.1 Å². The first kappa shape index (κ1) is 12.8. The van der Waals surface area contributed by atoms with Crippen LogP contribution in [0, 0.1) is 5.82 Å². The number of aliphatic carboxylic acids is 1. The minimum atomic E-state index is -1.01. The molecule has 0 bridgehead atoms. The van der Waals surface area contributed by atoms with Gasteiger partial charge in [-0.2, -0.15) is 0 Å². The maximum absolute atomic E-state index is 13.5. The van der Waals surface area contributed by atoms with Crippen LogP contribution >= 0.6 is 23.4 Å². The number of hydrogen-bond donors (Lipinski definition) is 1. The van der Waals surface area contributed by atoms with Crippen molar-refractivity contribution in [3.8, 4) is 11.5 Å². The van der Waals surface area contributed by atoms with Crippen LogP contribution in [0.3, 0.4) is 0 Å². The van der Waals surface area contributed by atoms with Crippen molar-refractivity contribution in [1.82, 2.24) is 10.2 Å². The van der Waals surface area contributed by atoms with Crippen molar-refractivity contribution in [2.24, 2.45) is 0 Å². The highest BCUT2D eigenvalue weighted by Gasteiger charge is 2.14. The number of carboxylic acid groups (broad SMARTS) is 1. The van der Waals surface area contributed by atoms with Crippen LogP contribution in [0.1, 0.15) is 0 Å². The van der Waals surface area contributed by atoms with Crippen molar-refractivity contribution in [1.29, 1.82) is 0 Å². The van der Waals surface area contributed by atoms with Crippen LogP contribution in [-0.2, 0) is 4.79 Å². The summed E-state index contributed by atoms with van der Waals surface area (Å²) in [7, 11) is 0. The zero-order chi connectivity index (χ0) is 13.1. The third-order valence-electron chi connectivity index (χ3n) is 1.88. The monoisotopic (exact) mass is 288 g/mol. The summed E-state index contributed by atoms with van der Waals surface area (Å²) in [6.45, 7) is 0. The molecule has 2 aromatic rings. The lowest BCUT2D eigenvalue weighted by Crippen LogP contribution is -1.97. The Balaban J connectivity index is 2.23. The summed E-state index contributed by atoms with van der Waals surface area (Å²) in [6.07, 6.45) is 0. The van der Waals surface area contributed by atoms with E-state index in [2.05, 4.69) is 10.2 Å². The third-order valence-corrected chi connectivity index (χ3v) is 2.92. The van der Waals surface area contributed by atoms with Crippen LogP contribution in [0.4, 0.5) is 4.39 Å². The van der Waals surface area contributed by atoms with E-state index in [-0.39, 0.29) is 22.4 Å². The molecule has 5 nitrogen and oxygen atoms in total. The Morgan fingerprint density at radius 1 is 1.50 bits per heavy atom. The third kappa shape index (κ3) is 2.99. The summed E-state index contributed by atoms with van der Waals surface area (Å²) in [4.78, 5) is 10.4. The quantitative estimate of drug-likeness (QED) is 0.872. The topological polar surface area (TPSA) is 76.2 Å². The van der Waals surface area contributed by atoms with E-state index in [1.807, 2.05) is 0 Å². The second kappa shape index (κ2) is 5.36. The lowest BCUT2D eigenvalue weighted by atomic mass is 10.2. The molecule has 0 fully saturated rings. The molecular weight excluding hydrogens is 283 g/mol. The van der Waals surface area contributed by atoms with Crippen LogP contribution in [0.25, 0.3) is 11.5 Å². The maximum atomic E-state index is 13.5. The Kier molecular flexibility index (Phi) is 3.83. The molecule has 0 aliphatic carbocycles. The van der Waals surface area contributed by atoms with Gasteiger partial charge < -0.3 is 9.52 Å². The van der Waals surface area contributed by atoms with Crippen LogP contribution in [0.2, 0.25) is 5.02 Å². The predicted octanol–water partition coefficient (Wildman–Crippen LogP) is 2.71. The van der Waals surface area contributed by atoms with E-state index in [1.54, 1.807) is 0 Å². The summed E-state index contributed by atoms with van der Waals surface area (Å²) in [5.74, 6) is -1.80. The molecule has 0 aliphatic rings. The fraction of sp³-hybridized carbons (Fsp3) is 0.100. The molecule has 0 radical (unpaired) electrons. The van der Waals surface area contributed by atoms with Crippen molar-refractivity contribution >= 4 is 29.3 Å². The molecular formula is C10H6ClFN2O3S. The van der Waals surface area contributed by atoms with Crippen LogP contribution in [0.5, 0.6) is 0 Å². The molecule has 0 atom stereocenters. The Morgan fingerprint density at radius 2 is 2.28 bits per heavy atom. The van der Waals surface area contributed by atoms with Crippen molar-refractivity contribution < 1.29 is 18.7 Å². The first-order valence-corrected chi connectivity index (χ1v) is 6.06. The average molecular weight is 289 g/mol. The van der Waals surface area contributed by atoms with Gasteiger partial charge in [0, 0.05) is 5.02 Å². The van der Waals surface area contributed by atoms with Crippen LogP contribution in [-0.4, -0.2) is 27.0 Å². The number of halogens is 2. The Labute approximate surface area is 110 Å². The van der Waals surface area contributed by atoms with E-state index in [9.17, 15) is 9.18 Å². The number of hydrogen-bond acceptors (Lipinski definition) is 5. The van der Waals surface area contributed by atoms with Gasteiger partial charge in [-0.05, 0) is 18.2 Å². The molecule has 0 saturated carbocycles. The lowest BCUT2D eigenvalue weighted by Gasteiger charge is -1.97. The molecule has 0 amide bonds. The molecule has 0 spiro atoms. The molecule has 2 rings (SSSR count). The minimum Gasteiger partial charge on any atom is -0.481 e. The number of thioether (sulfide) groups is 1. The molecule has 0 unspecified atom stereocenters. The van der Waals surface area contributed by atoms with Crippen LogP contribution < -0.4 is 0 Å². The molecule has 94 valence electrons. The fourth-order valence-corrected chi connectivity index (χ4v) is 1.82. The highest BCUT2D eigenvalue weighted by Crippen LogP contribution is 2.27. The zero-order valence-corrected chi connectivity index (χ0v) is 10.3. The van der Waals surface area contributed by atoms with Gasteiger partial charge in [-0.15, -0.1) is 10.2 Å². The van der Waals surface area contributed by atoms with E-state index in [1.165, 1.54) is 18.2 Å². The number of nitrogens with zero attached hydrogens (tertiary/aromatic N) is 2.